The maximum Gasteiger partial charge on any atom is 0.350 e. The van der Waals surface area contributed by atoms with Gasteiger partial charge >= 0.3 is 5.97 Å². The highest BCUT2D eigenvalue weighted by Gasteiger charge is 2.14. The Bertz CT molecular complexity index is 362. The highest BCUT2D eigenvalue weighted by atomic mass is 32.1. The van der Waals surface area contributed by atoms with E-state index >= 15 is 0 Å². The van der Waals surface area contributed by atoms with E-state index in [0.717, 1.165) is 0 Å². The molecule has 0 saturated carbocycles. The zero-order valence-electron chi connectivity index (χ0n) is 8.28. The molecule has 0 aliphatic carbocycles. The SMILES string of the molecule is COC(=O)c1sccc1NC(=O)CCN. The van der Waals surface area contributed by atoms with Crippen molar-refractivity contribution in [2.75, 3.05) is 19.0 Å². The van der Waals surface area contributed by atoms with Crippen molar-refractivity contribution < 1.29 is 14.3 Å². The molecular weight excluding hydrogens is 216 g/mol. The second-order valence-electron chi connectivity index (χ2n) is 2.74. The third kappa shape index (κ3) is 3.03. The first-order valence-electron chi connectivity index (χ1n) is 4.34. The fraction of sp³-hybridized carbons (Fsp3) is 0.333. The molecule has 1 heterocycles. The summed E-state index contributed by atoms with van der Waals surface area (Å²) in [5.74, 6) is -0.658. The topological polar surface area (TPSA) is 81.4 Å². The lowest BCUT2D eigenvalue weighted by Crippen LogP contribution is -2.17. The van der Waals surface area contributed by atoms with Gasteiger partial charge in [0, 0.05) is 13.0 Å². The maximum atomic E-state index is 11.2. The molecule has 6 heteroatoms. The molecule has 0 aliphatic heterocycles. The summed E-state index contributed by atoms with van der Waals surface area (Å²) >= 11 is 1.22. The van der Waals surface area contributed by atoms with Crippen molar-refractivity contribution in [1.82, 2.24) is 0 Å². The minimum Gasteiger partial charge on any atom is -0.465 e. The second kappa shape index (κ2) is 5.47. The van der Waals surface area contributed by atoms with Crippen molar-refractivity contribution in [1.29, 1.82) is 0 Å². The van der Waals surface area contributed by atoms with Crippen molar-refractivity contribution in [2.24, 2.45) is 5.73 Å². The molecule has 0 spiro atoms. The average Bonchev–Trinajstić information content (AvgIpc) is 2.65. The molecule has 1 aromatic rings. The normalized spacial score (nSPS) is 9.73. The third-order valence-electron chi connectivity index (χ3n) is 1.68. The van der Waals surface area contributed by atoms with Gasteiger partial charge in [-0.1, -0.05) is 0 Å². The van der Waals surface area contributed by atoms with Gasteiger partial charge < -0.3 is 15.8 Å². The molecule has 15 heavy (non-hydrogen) atoms. The van der Waals surface area contributed by atoms with Crippen LogP contribution < -0.4 is 11.1 Å². The molecule has 1 aromatic heterocycles. The van der Waals surface area contributed by atoms with E-state index in [1.54, 1.807) is 11.4 Å². The Morgan fingerprint density at radius 1 is 1.60 bits per heavy atom. The number of nitrogens with one attached hydrogen (secondary N) is 1. The first-order chi connectivity index (χ1) is 7.19. The van der Waals surface area contributed by atoms with E-state index in [1.807, 2.05) is 0 Å². The fourth-order valence-corrected chi connectivity index (χ4v) is 1.77. The molecule has 0 saturated heterocycles. The quantitative estimate of drug-likeness (QED) is 0.748. The van der Waals surface area contributed by atoms with Gasteiger partial charge in [-0.3, -0.25) is 4.79 Å². The van der Waals surface area contributed by atoms with Crippen LogP contribution >= 0.6 is 11.3 Å². The average molecular weight is 228 g/mol. The van der Waals surface area contributed by atoms with Crippen molar-refractivity contribution in [3.8, 4) is 0 Å². The first-order valence-corrected chi connectivity index (χ1v) is 5.22. The van der Waals surface area contributed by atoms with Gasteiger partial charge in [-0.2, -0.15) is 0 Å². The number of carbonyl (C=O) groups excluding carboxylic acids is 2. The van der Waals surface area contributed by atoms with Crippen molar-refractivity contribution in [2.45, 2.75) is 6.42 Å². The molecule has 3 N–H and O–H groups in total. The highest BCUT2D eigenvalue weighted by molar-refractivity contribution is 7.12. The number of methoxy groups -OCH3 is 1. The van der Waals surface area contributed by atoms with Gasteiger partial charge in [0.1, 0.15) is 4.88 Å². The fourth-order valence-electron chi connectivity index (χ4n) is 1.00. The Morgan fingerprint density at radius 2 is 2.33 bits per heavy atom. The van der Waals surface area contributed by atoms with Gasteiger partial charge in [0.25, 0.3) is 0 Å². The predicted octanol–water partition coefficient (Wildman–Crippen LogP) is 0.822. The van der Waals surface area contributed by atoms with Crippen molar-refractivity contribution in [3.05, 3.63) is 16.3 Å². The Labute approximate surface area is 91.2 Å². The lowest BCUT2D eigenvalue weighted by Gasteiger charge is -2.03. The summed E-state index contributed by atoms with van der Waals surface area (Å²) < 4.78 is 4.57. The van der Waals surface area contributed by atoms with E-state index in [2.05, 4.69) is 10.1 Å². The van der Waals surface area contributed by atoms with Gasteiger partial charge in [-0.15, -0.1) is 11.3 Å². The van der Waals surface area contributed by atoms with Crippen LogP contribution in [0.5, 0.6) is 0 Å². The van der Waals surface area contributed by atoms with E-state index in [4.69, 9.17) is 5.73 Å². The summed E-state index contributed by atoms with van der Waals surface area (Å²) in [5, 5.41) is 4.31. The largest absolute Gasteiger partial charge is 0.465 e. The number of carbonyl (C=O) groups is 2. The Hall–Kier alpha value is -1.40. The van der Waals surface area contributed by atoms with Gasteiger partial charge in [0.05, 0.1) is 12.8 Å². The van der Waals surface area contributed by atoms with Crippen molar-refractivity contribution in [3.63, 3.8) is 0 Å². The van der Waals surface area contributed by atoms with Gasteiger partial charge in [0.2, 0.25) is 5.91 Å². The van der Waals surface area contributed by atoms with E-state index in [9.17, 15) is 9.59 Å². The van der Waals surface area contributed by atoms with Gasteiger partial charge in [0.15, 0.2) is 0 Å². The lowest BCUT2D eigenvalue weighted by molar-refractivity contribution is -0.116. The minimum absolute atomic E-state index is 0.207. The first kappa shape index (κ1) is 11.7. The van der Waals surface area contributed by atoms with Crippen LogP contribution in [0.1, 0.15) is 16.1 Å². The number of amides is 1. The summed E-state index contributed by atoms with van der Waals surface area (Å²) in [6.45, 7) is 0.281. The number of esters is 1. The minimum atomic E-state index is -0.451. The second-order valence-corrected chi connectivity index (χ2v) is 3.66. The van der Waals surface area contributed by atoms with E-state index in [-0.39, 0.29) is 18.9 Å². The smallest absolute Gasteiger partial charge is 0.350 e. The lowest BCUT2D eigenvalue weighted by atomic mass is 10.3. The number of hydrogen-bond acceptors (Lipinski definition) is 5. The molecular formula is C9H12N2O3S. The summed E-state index contributed by atoms with van der Waals surface area (Å²) in [6.07, 6.45) is 0.233. The van der Waals surface area contributed by atoms with Crippen LogP contribution in [0.25, 0.3) is 0 Å². The molecule has 5 nitrogen and oxygen atoms in total. The van der Waals surface area contributed by atoms with Gasteiger partial charge in [-0.25, -0.2) is 4.79 Å². The summed E-state index contributed by atoms with van der Waals surface area (Å²) in [5.41, 5.74) is 5.71. The maximum absolute atomic E-state index is 11.2. The molecule has 0 unspecified atom stereocenters. The summed E-state index contributed by atoms with van der Waals surface area (Å²) in [7, 11) is 1.30. The zero-order chi connectivity index (χ0) is 11.3. The molecule has 1 rings (SSSR count). The molecule has 0 radical (unpaired) electrons. The zero-order valence-corrected chi connectivity index (χ0v) is 9.10. The summed E-state index contributed by atoms with van der Waals surface area (Å²) in [6, 6.07) is 1.66. The number of hydrogen-bond donors (Lipinski definition) is 2. The molecule has 0 aliphatic rings. The van der Waals surface area contributed by atoms with Crippen molar-refractivity contribution >= 4 is 28.9 Å². The highest BCUT2D eigenvalue weighted by Crippen LogP contribution is 2.23. The molecule has 0 fully saturated rings. The molecule has 0 atom stereocenters. The Balaban J connectivity index is 2.73. The van der Waals surface area contributed by atoms with Crippen LogP contribution in [0.3, 0.4) is 0 Å². The molecule has 0 bridgehead atoms. The Morgan fingerprint density at radius 3 is 2.93 bits per heavy atom. The molecule has 0 aromatic carbocycles. The standard InChI is InChI=1S/C9H12N2O3S/c1-14-9(13)8-6(3-5-15-8)11-7(12)2-4-10/h3,5H,2,4,10H2,1H3,(H,11,12). The van der Waals surface area contributed by atoms with Crippen LogP contribution in [0.15, 0.2) is 11.4 Å². The number of anilines is 1. The number of ether oxygens (including phenoxy) is 1. The number of thiophene rings is 1. The molecule has 82 valence electrons. The van der Waals surface area contributed by atoms with Crippen LogP contribution in [-0.4, -0.2) is 25.5 Å². The van der Waals surface area contributed by atoms with Crippen LogP contribution in [0.4, 0.5) is 5.69 Å². The van der Waals surface area contributed by atoms with Crippen LogP contribution in [0.2, 0.25) is 0 Å². The van der Waals surface area contributed by atoms with Crippen LogP contribution in [-0.2, 0) is 9.53 Å². The molecule has 1 amide bonds. The Kier molecular flexibility index (Phi) is 4.26. The third-order valence-corrected chi connectivity index (χ3v) is 2.58. The van der Waals surface area contributed by atoms with E-state index < -0.39 is 5.97 Å². The van der Waals surface area contributed by atoms with Gasteiger partial charge in [-0.05, 0) is 11.4 Å². The van der Waals surface area contributed by atoms with Crippen LogP contribution in [0, 0.1) is 0 Å². The predicted molar refractivity (Wildman–Crippen MR) is 58.0 cm³/mol. The number of nitrogens with two attached hydrogens (primary N) is 1. The van der Waals surface area contributed by atoms with E-state index in [0.29, 0.717) is 10.6 Å². The summed E-state index contributed by atoms with van der Waals surface area (Å²) in [4.78, 5) is 22.9. The monoisotopic (exact) mass is 228 g/mol. The number of rotatable bonds is 4. The van der Waals surface area contributed by atoms with E-state index in [1.165, 1.54) is 18.4 Å².